The summed E-state index contributed by atoms with van der Waals surface area (Å²) in [6.07, 6.45) is 5.79. The van der Waals surface area contributed by atoms with Gasteiger partial charge in [-0.2, -0.15) is 6.54 Å². The number of hydrogen-bond donors (Lipinski definition) is 2. The molecule has 0 rings (SSSR count). The molecule has 0 bridgehead atoms. The van der Waals surface area contributed by atoms with E-state index in [1.54, 1.807) is 0 Å². The maximum atomic E-state index is 11.6. The Hall–Kier alpha value is 1.20. The zero-order valence-corrected chi connectivity index (χ0v) is 17.2. The van der Waals surface area contributed by atoms with E-state index >= 15 is 0 Å². The average molecular weight is 328 g/mol. The SMILES string of the molecule is CC(C)CCCCNC(=O)[C@H](N)CCCC[NH-].[Rb+]. The minimum absolute atomic E-state index is 0. The van der Waals surface area contributed by atoms with Crippen LogP contribution in [0.2, 0.25) is 0 Å². The van der Waals surface area contributed by atoms with Crippen LogP contribution in [-0.2, 0) is 4.79 Å². The molecule has 4 N–H and O–H groups in total. The van der Waals surface area contributed by atoms with Crippen LogP contribution in [-0.4, -0.2) is 25.0 Å². The second-order valence-corrected chi connectivity index (χ2v) is 5.03. The van der Waals surface area contributed by atoms with E-state index in [4.69, 9.17) is 11.5 Å². The number of rotatable bonds is 10. The van der Waals surface area contributed by atoms with Gasteiger partial charge < -0.3 is 16.8 Å². The van der Waals surface area contributed by atoms with E-state index in [0.717, 1.165) is 38.1 Å². The van der Waals surface area contributed by atoms with E-state index in [0.29, 0.717) is 13.0 Å². The van der Waals surface area contributed by atoms with Crippen LogP contribution in [0.25, 0.3) is 5.73 Å². The summed E-state index contributed by atoms with van der Waals surface area (Å²) < 4.78 is 0. The Morgan fingerprint density at radius 2 is 1.78 bits per heavy atom. The summed E-state index contributed by atoms with van der Waals surface area (Å²) in [5, 5.41) is 2.87. The quantitative estimate of drug-likeness (QED) is 0.530. The van der Waals surface area contributed by atoms with Crippen molar-refractivity contribution < 1.29 is 63.0 Å². The second kappa shape index (κ2) is 14.6. The molecule has 1 atom stereocenters. The monoisotopic (exact) mass is 327 g/mol. The van der Waals surface area contributed by atoms with Crippen molar-refractivity contribution in [2.45, 2.75) is 58.4 Å². The topological polar surface area (TPSA) is 78.9 Å². The Labute approximate surface area is 161 Å². The van der Waals surface area contributed by atoms with Crippen molar-refractivity contribution in [3.05, 3.63) is 5.73 Å². The van der Waals surface area contributed by atoms with Crippen LogP contribution in [0, 0.1) is 5.92 Å². The Morgan fingerprint density at radius 3 is 2.33 bits per heavy atom. The molecule has 0 saturated carbocycles. The number of nitrogens with two attached hydrogens (primary N) is 1. The average Bonchev–Trinajstić information content (AvgIpc) is 2.28. The first kappa shape index (κ1) is 21.5. The number of amides is 1. The molecule has 102 valence electrons. The van der Waals surface area contributed by atoms with Crippen molar-refractivity contribution in [2.75, 3.05) is 13.1 Å². The number of nitrogens with one attached hydrogen (secondary N) is 2. The van der Waals surface area contributed by atoms with Crippen molar-refractivity contribution in [2.24, 2.45) is 11.7 Å². The van der Waals surface area contributed by atoms with Crippen LogP contribution in [0.3, 0.4) is 0 Å². The molecule has 0 aromatic rings. The molecule has 0 aromatic carbocycles. The van der Waals surface area contributed by atoms with Crippen LogP contribution < -0.4 is 69.2 Å². The van der Waals surface area contributed by atoms with Crippen molar-refractivity contribution in [3.8, 4) is 0 Å². The van der Waals surface area contributed by atoms with Gasteiger partial charge in [-0.05, 0) is 18.8 Å². The van der Waals surface area contributed by atoms with E-state index in [2.05, 4.69) is 19.2 Å². The summed E-state index contributed by atoms with van der Waals surface area (Å²) in [5.74, 6) is 0.692. The first-order chi connectivity index (χ1) is 8.07. The van der Waals surface area contributed by atoms with Crippen molar-refractivity contribution in [1.82, 2.24) is 5.32 Å². The van der Waals surface area contributed by atoms with Gasteiger partial charge in [0.2, 0.25) is 5.91 Å². The van der Waals surface area contributed by atoms with Crippen LogP contribution in [0.15, 0.2) is 0 Å². The molecule has 5 heteroatoms. The fraction of sp³-hybridized carbons (Fsp3) is 0.923. The van der Waals surface area contributed by atoms with Gasteiger partial charge in [0.05, 0.1) is 6.04 Å². The van der Waals surface area contributed by atoms with Crippen LogP contribution >= 0.6 is 0 Å². The summed E-state index contributed by atoms with van der Waals surface area (Å²) in [6.45, 7) is 5.57. The summed E-state index contributed by atoms with van der Waals surface area (Å²) in [6, 6.07) is -0.397. The maximum absolute atomic E-state index is 11.6. The molecular formula is C13H28N3ORb. The van der Waals surface area contributed by atoms with E-state index in [1.807, 2.05) is 0 Å². The largest absolute Gasteiger partial charge is 1.00 e. The van der Waals surface area contributed by atoms with Crippen LogP contribution in [0.1, 0.15) is 52.4 Å². The Morgan fingerprint density at radius 1 is 1.17 bits per heavy atom. The first-order valence-electron chi connectivity index (χ1n) is 6.75. The zero-order valence-electron chi connectivity index (χ0n) is 12.3. The van der Waals surface area contributed by atoms with Gasteiger partial charge in [0.25, 0.3) is 0 Å². The minimum Gasteiger partial charge on any atom is -0.677 e. The molecule has 4 nitrogen and oxygen atoms in total. The molecule has 0 unspecified atom stereocenters. The van der Waals surface area contributed by atoms with Crippen molar-refractivity contribution >= 4 is 5.91 Å². The molecule has 0 heterocycles. The Kier molecular flexibility index (Phi) is 17.4. The molecule has 0 saturated heterocycles. The molecule has 18 heavy (non-hydrogen) atoms. The number of hydrogen-bond acceptors (Lipinski definition) is 2. The number of carbonyl (C=O) groups is 1. The summed E-state index contributed by atoms with van der Waals surface area (Å²) >= 11 is 0. The predicted octanol–water partition coefficient (Wildman–Crippen LogP) is -0.517. The molecular weight excluding hydrogens is 300 g/mol. The molecule has 0 spiro atoms. The maximum Gasteiger partial charge on any atom is 1.00 e. The van der Waals surface area contributed by atoms with Gasteiger partial charge in [-0.3, -0.25) is 4.79 Å². The second-order valence-electron chi connectivity index (χ2n) is 5.03. The van der Waals surface area contributed by atoms with E-state index in [9.17, 15) is 4.79 Å². The standard InChI is InChI=1S/C13H28N3O.Rb/c1-11(2)7-4-6-10-16-13(17)12(15)8-3-5-9-14;/h11-12,14H,3-10,15H2,1-2H3,(H,16,17);/q-1;+1/t12-;/m1./s1. The summed E-state index contributed by atoms with van der Waals surface area (Å²) in [5.41, 5.74) is 12.8. The predicted molar refractivity (Wildman–Crippen MR) is 72.7 cm³/mol. The molecule has 0 radical (unpaired) electrons. The van der Waals surface area contributed by atoms with Gasteiger partial charge in [-0.15, -0.1) is 0 Å². The van der Waals surface area contributed by atoms with Crippen LogP contribution in [0.5, 0.6) is 0 Å². The van der Waals surface area contributed by atoms with Gasteiger partial charge in [-0.25, -0.2) is 0 Å². The number of unbranched alkanes of at least 4 members (excludes halogenated alkanes) is 2. The third kappa shape index (κ3) is 13.6. The van der Waals surface area contributed by atoms with Gasteiger partial charge in [0.15, 0.2) is 0 Å². The number of carbonyl (C=O) groups excluding carboxylic acids is 1. The smallest absolute Gasteiger partial charge is 0.677 e. The van der Waals surface area contributed by atoms with Gasteiger partial charge in [-0.1, -0.05) is 39.5 Å². The van der Waals surface area contributed by atoms with Gasteiger partial charge >= 0.3 is 58.2 Å². The fourth-order valence-electron chi connectivity index (χ4n) is 1.64. The molecule has 1 amide bonds. The fourth-order valence-corrected chi connectivity index (χ4v) is 1.64. The third-order valence-corrected chi connectivity index (χ3v) is 2.79. The van der Waals surface area contributed by atoms with Crippen molar-refractivity contribution in [3.63, 3.8) is 0 Å². The molecule has 0 aliphatic carbocycles. The normalized spacial score (nSPS) is 12.1. The minimum atomic E-state index is -0.397. The Bertz CT molecular complexity index is 201. The molecule has 0 fully saturated rings. The summed E-state index contributed by atoms with van der Waals surface area (Å²) in [4.78, 5) is 11.6. The van der Waals surface area contributed by atoms with Crippen molar-refractivity contribution in [1.29, 1.82) is 0 Å². The summed E-state index contributed by atoms with van der Waals surface area (Å²) in [7, 11) is 0. The molecule has 0 aliphatic heterocycles. The first-order valence-corrected chi connectivity index (χ1v) is 6.75. The zero-order chi connectivity index (χ0) is 13.1. The van der Waals surface area contributed by atoms with E-state index in [-0.39, 0.29) is 64.1 Å². The van der Waals surface area contributed by atoms with E-state index < -0.39 is 6.04 Å². The molecule has 0 aliphatic rings. The van der Waals surface area contributed by atoms with Gasteiger partial charge in [0, 0.05) is 6.54 Å². The third-order valence-electron chi connectivity index (χ3n) is 2.79. The Balaban J connectivity index is 0. The van der Waals surface area contributed by atoms with Gasteiger partial charge in [0.1, 0.15) is 0 Å². The van der Waals surface area contributed by atoms with Crippen LogP contribution in [0.4, 0.5) is 0 Å². The van der Waals surface area contributed by atoms with E-state index in [1.165, 1.54) is 6.42 Å². The molecule has 0 aromatic heterocycles.